The molecule has 1 aliphatic rings. The maximum atomic E-state index is 12.1. The SMILES string of the molecule is CCS(=O)(=O)c1ncc(Cl)c(C(=O)N[C@H]2CCS(=O)(=O)C2)n1. The summed E-state index contributed by atoms with van der Waals surface area (Å²) in [4.78, 5) is 19.4. The number of halogens is 1. The van der Waals surface area contributed by atoms with Crippen LogP contribution in [0.25, 0.3) is 0 Å². The number of sulfone groups is 2. The summed E-state index contributed by atoms with van der Waals surface area (Å²) in [5.41, 5.74) is -0.284. The molecule has 0 bridgehead atoms. The van der Waals surface area contributed by atoms with Crippen LogP contribution in [-0.4, -0.2) is 56.0 Å². The highest BCUT2D eigenvalue weighted by Crippen LogP contribution is 2.17. The van der Waals surface area contributed by atoms with Gasteiger partial charge in [0, 0.05) is 6.04 Å². The molecule has 1 aromatic rings. The topological polar surface area (TPSA) is 123 Å². The van der Waals surface area contributed by atoms with Gasteiger partial charge in [-0.2, -0.15) is 0 Å². The van der Waals surface area contributed by atoms with Gasteiger partial charge in [0.25, 0.3) is 5.91 Å². The fourth-order valence-electron chi connectivity index (χ4n) is 1.95. The van der Waals surface area contributed by atoms with Gasteiger partial charge in [-0.15, -0.1) is 0 Å². The third-order valence-electron chi connectivity index (χ3n) is 3.16. The Labute approximate surface area is 133 Å². The Bertz CT molecular complexity index is 807. The van der Waals surface area contributed by atoms with Gasteiger partial charge in [0.2, 0.25) is 15.0 Å². The molecule has 22 heavy (non-hydrogen) atoms. The van der Waals surface area contributed by atoms with Crippen molar-refractivity contribution in [2.75, 3.05) is 17.3 Å². The van der Waals surface area contributed by atoms with E-state index in [1.165, 1.54) is 6.92 Å². The van der Waals surface area contributed by atoms with Crippen molar-refractivity contribution in [3.63, 3.8) is 0 Å². The molecule has 8 nitrogen and oxygen atoms in total. The average molecular weight is 368 g/mol. The maximum Gasteiger partial charge on any atom is 0.271 e. The zero-order valence-corrected chi connectivity index (χ0v) is 14.0. The highest BCUT2D eigenvalue weighted by molar-refractivity contribution is 7.91. The lowest BCUT2D eigenvalue weighted by atomic mass is 10.2. The second-order valence-corrected chi connectivity index (χ2v) is 9.63. The number of nitrogens with one attached hydrogen (secondary N) is 1. The number of carbonyl (C=O) groups excluding carboxylic acids is 1. The van der Waals surface area contributed by atoms with Crippen molar-refractivity contribution in [3.8, 4) is 0 Å². The van der Waals surface area contributed by atoms with Crippen molar-refractivity contribution in [1.29, 1.82) is 0 Å². The van der Waals surface area contributed by atoms with Crippen LogP contribution in [0.1, 0.15) is 23.8 Å². The molecular weight excluding hydrogens is 354 g/mol. The monoisotopic (exact) mass is 367 g/mol. The van der Waals surface area contributed by atoms with E-state index in [4.69, 9.17) is 11.6 Å². The first-order valence-corrected chi connectivity index (χ1v) is 10.3. The van der Waals surface area contributed by atoms with Crippen molar-refractivity contribution in [2.24, 2.45) is 0 Å². The van der Waals surface area contributed by atoms with Gasteiger partial charge >= 0.3 is 0 Å². The van der Waals surface area contributed by atoms with E-state index in [-0.39, 0.29) is 28.0 Å². The summed E-state index contributed by atoms with van der Waals surface area (Å²) in [5, 5.41) is 1.91. The fourth-order valence-corrected chi connectivity index (χ4v) is 4.50. The summed E-state index contributed by atoms with van der Waals surface area (Å²) in [6.07, 6.45) is 1.34. The van der Waals surface area contributed by atoms with E-state index < -0.39 is 36.8 Å². The lowest BCUT2D eigenvalue weighted by Crippen LogP contribution is -2.36. The molecule has 0 saturated carbocycles. The minimum atomic E-state index is -3.67. The first-order chi connectivity index (χ1) is 10.1. The van der Waals surface area contributed by atoms with Crippen LogP contribution in [-0.2, 0) is 19.7 Å². The molecule has 1 aromatic heterocycles. The number of hydrogen-bond acceptors (Lipinski definition) is 7. The van der Waals surface area contributed by atoms with Crippen molar-refractivity contribution in [1.82, 2.24) is 15.3 Å². The predicted octanol–water partition coefficient (Wildman–Crippen LogP) is -0.159. The summed E-state index contributed by atoms with van der Waals surface area (Å²) >= 11 is 5.83. The Hall–Kier alpha value is -1.26. The highest BCUT2D eigenvalue weighted by Gasteiger charge is 2.30. The Morgan fingerprint density at radius 3 is 2.73 bits per heavy atom. The molecule has 1 fully saturated rings. The molecule has 0 spiro atoms. The molecule has 1 N–H and O–H groups in total. The van der Waals surface area contributed by atoms with Crippen LogP contribution < -0.4 is 5.32 Å². The van der Waals surface area contributed by atoms with Gasteiger partial charge in [-0.05, 0) is 6.42 Å². The molecule has 2 rings (SSSR count). The predicted molar refractivity (Wildman–Crippen MR) is 79.3 cm³/mol. The highest BCUT2D eigenvalue weighted by atomic mass is 35.5. The largest absolute Gasteiger partial charge is 0.347 e. The van der Waals surface area contributed by atoms with Crippen LogP contribution in [0.2, 0.25) is 5.02 Å². The van der Waals surface area contributed by atoms with E-state index in [0.717, 1.165) is 6.20 Å². The normalized spacial score (nSPS) is 20.7. The molecule has 0 unspecified atom stereocenters. The van der Waals surface area contributed by atoms with Crippen LogP contribution in [0.15, 0.2) is 11.4 Å². The van der Waals surface area contributed by atoms with Gasteiger partial charge in [-0.3, -0.25) is 4.79 Å². The molecule has 0 radical (unpaired) electrons. The van der Waals surface area contributed by atoms with Crippen molar-refractivity contribution in [2.45, 2.75) is 24.5 Å². The van der Waals surface area contributed by atoms with Crippen molar-refractivity contribution in [3.05, 3.63) is 16.9 Å². The van der Waals surface area contributed by atoms with E-state index in [9.17, 15) is 21.6 Å². The van der Waals surface area contributed by atoms with Gasteiger partial charge in [0.15, 0.2) is 15.5 Å². The van der Waals surface area contributed by atoms with Crippen LogP contribution in [0.4, 0.5) is 0 Å². The minimum Gasteiger partial charge on any atom is -0.347 e. The molecule has 1 aliphatic heterocycles. The van der Waals surface area contributed by atoms with E-state index in [1.807, 2.05) is 0 Å². The summed E-state index contributed by atoms with van der Waals surface area (Å²) in [6.45, 7) is 1.43. The summed E-state index contributed by atoms with van der Waals surface area (Å²) < 4.78 is 46.2. The molecule has 1 saturated heterocycles. The minimum absolute atomic E-state index is 0.00488. The summed E-state index contributed by atoms with van der Waals surface area (Å²) in [5.74, 6) is -1.08. The lowest BCUT2D eigenvalue weighted by molar-refractivity contribution is 0.0935. The molecule has 1 amide bonds. The number of carbonyl (C=O) groups is 1. The number of rotatable bonds is 4. The zero-order valence-electron chi connectivity index (χ0n) is 11.6. The molecule has 2 heterocycles. The standard InChI is InChI=1S/C11H14ClN3O5S2/c1-2-22(19,20)11-13-5-8(12)9(15-11)10(16)14-7-3-4-21(17,18)6-7/h5,7H,2-4,6H2,1H3,(H,14,16)/t7-/m0/s1. The first kappa shape index (κ1) is 17.1. The lowest BCUT2D eigenvalue weighted by Gasteiger charge is -2.11. The van der Waals surface area contributed by atoms with E-state index in [1.54, 1.807) is 0 Å². The Morgan fingerprint density at radius 1 is 1.50 bits per heavy atom. The molecule has 0 aliphatic carbocycles. The number of aromatic nitrogens is 2. The quantitative estimate of drug-likeness (QED) is 0.733. The molecule has 0 aromatic carbocycles. The zero-order chi connectivity index (χ0) is 16.5. The van der Waals surface area contributed by atoms with Gasteiger partial charge in [-0.1, -0.05) is 18.5 Å². The Balaban J connectivity index is 2.25. The van der Waals surface area contributed by atoms with E-state index in [2.05, 4.69) is 15.3 Å². The Kier molecular flexibility index (Phi) is 4.73. The molecule has 1 atom stereocenters. The number of amides is 1. The van der Waals surface area contributed by atoms with Crippen molar-refractivity contribution < 1.29 is 21.6 Å². The van der Waals surface area contributed by atoms with Crippen LogP contribution in [0.3, 0.4) is 0 Å². The summed E-state index contributed by atoms with van der Waals surface area (Å²) in [6, 6.07) is -0.533. The fraction of sp³-hybridized carbons (Fsp3) is 0.545. The average Bonchev–Trinajstić information content (AvgIpc) is 2.78. The van der Waals surface area contributed by atoms with Crippen LogP contribution >= 0.6 is 11.6 Å². The molecular formula is C11H14ClN3O5S2. The van der Waals surface area contributed by atoms with Gasteiger partial charge < -0.3 is 5.32 Å². The van der Waals surface area contributed by atoms with E-state index in [0.29, 0.717) is 6.42 Å². The van der Waals surface area contributed by atoms with Crippen LogP contribution in [0, 0.1) is 0 Å². The van der Waals surface area contributed by atoms with E-state index >= 15 is 0 Å². The third-order valence-corrected chi connectivity index (χ3v) is 6.72. The summed E-state index contributed by atoms with van der Waals surface area (Å²) in [7, 11) is -6.82. The van der Waals surface area contributed by atoms with Gasteiger partial charge in [0.05, 0.1) is 28.5 Å². The smallest absolute Gasteiger partial charge is 0.271 e. The number of nitrogens with zero attached hydrogens (tertiary/aromatic N) is 2. The second-order valence-electron chi connectivity index (χ2n) is 4.83. The van der Waals surface area contributed by atoms with Gasteiger partial charge in [-0.25, -0.2) is 26.8 Å². The number of hydrogen-bond donors (Lipinski definition) is 1. The van der Waals surface area contributed by atoms with Crippen LogP contribution in [0.5, 0.6) is 0 Å². The molecule has 11 heteroatoms. The Morgan fingerprint density at radius 2 is 2.18 bits per heavy atom. The third kappa shape index (κ3) is 3.73. The first-order valence-electron chi connectivity index (χ1n) is 6.41. The molecule has 122 valence electrons. The maximum absolute atomic E-state index is 12.1. The van der Waals surface area contributed by atoms with Gasteiger partial charge in [0.1, 0.15) is 0 Å². The second kappa shape index (κ2) is 6.09. The van der Waals surface area contributed by atoms with Crippen molar-refractivity contribution >= 4 is 37.2 Å².